The Bertz CT molecular complexity index is 527. The van der Waals surface area contributed by atoms with Gasteiger partial charge in [0.2, 0.25) is 5.91 Å². The van der Waals surface area contributed by atoms with E-state index in [2.05, 4.69) is 15.6 Å². The predicted molar refractivity (Wildman–Crippen MR) is 96.3 cm³/mol. The van der Waals surface area contributed by atoms with Crippen molar-refractivity contribution < 1.29 is 9.53 Å². The molecular weight excluding hydrogens is 304 g/mol. The summed E-state index contributed by atoms with van der Waals surface area (Å²) in [5.41, 5.74) is 0. The molecule has 1 atom stereocenters. The van der Waals surface area contributed by atoms with Gasteiger partial charge in [-0.1, -0.05) is 18.2 Å². The molecule has 1 aromatic rings. The Kier molecular flexibility index (Phi) is 7.39. The molecule has 1 aliphatic heterocycles. The third kappa shape index (κ3) is 6.10. The zero-order chi connectivity index (χ0) is 17.2. The summed E-state index contributed by atoms with van der Waals surface area (Å²) < 4.78 is 5.83. The van der Waals surface area contributed by atoms with E-state index in [4.69, 9.17) is 4.74 Å². The number of hydrogen-bond acceptors (Lipinski definition) is 3. The first-order chi connectivity index (χ1) is 11.7. The van der Waals surface area contributed by atoms with E-state index < -0.39 is 0 Å². The Morgan fingerprint density at radius 2 is 1.96 bits per heavy atom. The number of hydrogen-bond donors (Lipinski definition) is 2. The number of likely N-dealkylation sites (tertiary alicyclic amines) is 1. The van der Waals surface area contributed by atoms with E-state index in [9.17, 15) is 4.79 Å². The second-order valence-corrected chi connectivity index (χ2v) is 5.91. The van der Waals surface area contributed by atoms with Crippen LogP contribution in [0.5, 0.6) is 5.75 Å². The molecule has 1 fully saturated rings. The van der Waals surface area contributed by atoms with Gasteiger partial charge in [-0.2, -0.15) is 0 Å². The van der Waals surface area contributed by atoms with Gasteiger partial charge in [0.25, 0.3) is 0 Å². The molecule has 0 spiro atoms. The van der Waals surface area contributed by atoms with Gasteiger partial charge in [0.1, 0.15) is 18.4 Å². The van der Waals surface area contributed by atoms with Crippen LogP contribution in [0.2, 0.25) is 0 Å². The van der Waals surface area contributed by atoms with Gasteiger partial charge in [-0.05, 0) is 38.8 Å². The Hall–Kier alpha value is -2.24. The van der Waals surface area contributed by atoms with Crippen molar-refractivity contribution in [3.8, 4) is 5.75 Å². The normalized spacial score (nSPS) is 15.9. The summed E-state index contributed by atoms with van der Waals surface area (Å²) in [5, 5.41) is 6.39. The third-order valence-electron chi connectivity index (χ3n) is 3.81. The second-order valence-electron chi connectivity index (χ2n) is 5.91. The molecule has 1 aliphatic rings. The molecule has 6 nitrogen and oxygen atoms in total. The Morgan fingerprint density at radius 3 is 2.62 bits per heavy atom. The number of para-hydroxylation sites is 1. The van der Waals surface area contributed by atoms with Crippen LogP contribution in [-0.4, -0.2) is 55.6 Å². The van der Waals surface area contributed by atoms with Gasteiger partial charge in [0, 0.05) is 19.6 Å². The molecule has 1 heterocycles. The Labute approximate surface area is 144 Å². The summed E-state index contributed by atoms with van der Waals surface area (Å²) >= 11 is 0. The van der Waals surface area contributed by atoms with Crippen LogP contribution in [-0.2, 0) is 4.79 Å². The van der Waals surface area contributed by atoms with Crippen molar-refractivity contribution >= 4 is 11.9 Å². The minimum Gasteiger partial charge on any atom is -0.489 e. The number of benzene rings is 1. The van der Waals surface area contributed by atoms with E-state index >= 15 is 0 Å². The third-order valence-corrected chi connectivity index (χ3v) is 3.81. The van der Waals surface area contributed by atoms with Crippen LogP contribution >= 0.6 is 0 Å². The van der Waals surface area contributed by atoms with Crippen LogP contribution in [0.3, 0.4) is 0 Å². The average molecular weight is 332 g/mol. The first kappa shape index (κ1) is 18.1. The number of rotatable bonds is 7. The first-order valence-electron chi connectivity index (χ1n) is 8.70. The molecule has 0 radical (unpaired) electrons. The Morgan fingerprint density at radius 1 is 1.25 bits per heavy atom. The summed E-state index contributed by atoms with van der Waals surface area (Å²) in [7, 11) is 0. The van der Waals surface area contributed by atoms with Crippen molar-refractivity contribution in [2.45, 2.75) is 32.8 Å². The van der Waals surface area contributed by atoms with Gasteiger partial charge >= 0.3 is 0 Å². The number of carbonyl (C=O) groups excluding carboxylic acids is 1. The summed E-state index contributed by atoms with van der Waals surface area (Å²) in [5.74, 6) is 1.59. The molecule has 0 saturated carbocycles. The van der Waals surface area contributed by atoms with Gasteiger partial charge in [-0.15, -0.1) is 0 Å². The molecule has 1 saturated heterocycles. The van der Waals surface area contributed by atoms with Crippen molar-refractivity contribution in [3.05, 3.63) is 30.3 Å². The number of amides is 1. The minimum atomic E-state index is -0.00876. The van der Waals surface area contributed by atoms with E-state index in [0.29, 0.717) is 12.5 Å². The average Bonchev–Trinajstić information content (AvgIpc) is 3.12. The quantitative estimate of drug-likeness (QED) is 0.588. The van der Waals surface area contributed by atoms with E-state index in [1.165, 1.54) is 0 Å². The van der Waals surface area contributed by atoms with E-state index in [1.807, 2.05) is 49.1 Å². The first-order valence-corrected chi connectivity index (χ1v) is 8.70. The zero-order valence-corrected chi connectivity index (χ0v) is 14.6. The number of guanidine groups is 1. The lowest BCUT2D eigenvalue weighted by Gasteiger charge is -2.18. The molecule has 132 valence electrons. The van der Waals surface area contributed by atoms with Gasteiger partial charge in [-0.25, -0.2) is 4.99 Å². The maximum Gasteiger partial charge on any atom is 0.244 e. The maximum atomic E-state index is 12.1. The molecule has 1 unspecified atom stereocenters. The predicted octanol–water partition coefficient (Wildman–Crippen LogP) is 1.63. The lowest BCUT2D eigenvalue weighted by Crippen LogP contribution is -2.42. The molecule has 0 aliphatic carbocycles. The highest BCUT2D eigenvalue weighted by Gasteiger charge is 2.17. The molecule has 1 aromatic carbocycles. The van der Waals surface area contributed by atoms with Crippen LogP contribution in [0.4, 0.5) is 0 Å². The van der Waals surface area contributed by atoms with Gasteiger partial charge in [0.15, 0.2) is 5.96 Å². The van der Waals surface area contributed by atoms with Gasteiger partial charge in [-0.3, -0.25) is 4.79 Å². The van der Waals surface area contributed by atoms with E-state index in [-0.39, 0.29) is 18.6 Å². The van der Waals surface area contributed by atoms with Crippen molar-refractivity contribution in [1.29, 1.82) is 0 Å². The summed E-state index contributed by atoms with van der Waals surface area (Å²) in [6.07, 6.45) is 2.19. The van der Waals surface area contributed by atoms with Crippen molar-refractivity contribution in [1.82, 2.24) is 15.5 Å². The Balaban J connectivity index is 1.79. The summed E-state index contributed by atoms with van der Waals surface area (Å²) in [6, 6.07) is 9.73. The standard InChI is InChI=1S/C18H28N4O2/c1-3-19-18(21-14-17(23)22-11-7-8-12-22)20-13-15(2)24-16-9-5-4-6-10-16/h4-6,9-10,15H,3,7-8,11-14H2,1-2H3,(H2,19,20,21). The monoisotopic (exact) mass is 332 g/mol. The fourth-order valence-corrected chi connectivity index (χ4v) is 2.57. The number of ether oxygens (including phenoxy) is 1. The number of nitrogens with one attached hydrogen (secondary N) is 2. The second kappa shape index (κ2) is 9.80. The molecular formula is C18H28N4O2. The highest BCUT2D eigenvalue weighted by atomic mass is 16.5. The van der Waals surface area contributed by atoms with E-state index in [0.717, 1.165) is 38.2 Å². The summed E-state index contributed by atoms with van der Waals surface area (Å²) in [4.78, 5) is 18.3. The van der Waals surface area contributed by atoms with Crippen LogP contribution in [0.15, 0.2) is 35.3 Å². The van der Waals surface area contributed by atoms with Crippen LogP contribution in [0.1, 0.15) is 26.7 Å². The van der Waals surface area contributed by atoms with E-state index in [1.54, 1.807) is 0 Å². The summed E-state index contributed by atoms with van der Waals surface area (Å²) in [6.45, 7) is 7.27. The number of aliphatic imine (C=N–C) groups is 1. The van der Waals surface area contributed by atoms with Crippen molar-refractivity contribution in [2.75, 3.05) is 32.7 Å². The van der Waals surface area contributed by atoms with Gasteiger partial charge in [0.05, 0.1) is 6.54 Å². The molecule has 2 N–H and O–H groups in total. The van der Waals surface area contributed by atoms with Crippen LogP contribution in [0, 0.1) is 0 Å². The number of carbonyl (C=O) groups is 1. The topological polar surface area (TPSA) is 66.0 Å². The minimum absolute atomic E-state index is 0.00876. The molecule has 24 heavy (non-hydrogen) atoms. The van der Waals surface area contributed by atoms with Crippen molar-refractivity contribution in [3.63, 3.8) is 0 Å². The lowest BCUT2D eigenvalue weighted by atomic mass is 10.3. The van der Waals surface area contributed by atoms with Crippen molar-refractivity contribution in [2.24, 2.45) is 4.99 Å². The highest BCUT2D eigenvalue weighted by molar-refractivity contribution is 5.85. The van der Waals surface area contributed by atoms with Gasteiger partial charge < -0.3 is 20.3 Å². The van der Waals surface area contributed by atoms with Crippen LogP contribution in [0.25, 0.3) is 0 Å². The zero-order valence-electron chi connectivity index (χ0n) is 14.6. The lowest BCUT2D eigenvalue weighted by molar-refractivity contribution is -0.128. The number of nitrogens with zero attached hydrogens (tertiary/aromatic N) is 2. The highest BCUT2D eigenvalue weighted by Crippen LogP contribution is 2.10. The molecule has 1 amide bonds. The molecule has 6 heteroatoms. The fourth-order valence-electron chi connectivity index (χ4n) is 2.57. The largest absolute Gasteiger partial charge is 0.489 e. The maximum absolute atomic E-state index is 12.1. The SMILES string of the molecule is CCNC(=NCC(=O)N1CCCC1)NCC(C)Oc1ccccc1. The fraction of sp³-hybridized carbons (Fsp3) is 0.556. The molecule has 0 bridgehead atoms. The smallest absolute Gasteiger partial charge is 0.244 e. The molecule has 0 aromatic heterocycles. The molecule has 2 rings (SSSR count). The van der Waals surface area contributed by atoms with Crippen LogP contribution < -0.4 is 15.4 Å².